The third-order valence-corrected chi connectivity index (χ3v) is 6.68. The Hall–Kier alpha value is -2.14. The fourth-order valence-electron chi connectivity index (χ4n) is 4.61. The smallest absolute Gasteiger partial charge is 0.220 e. The van der Waals surface area contributed by atoms with Crippen LogP contribution in [0.25, 0.3) is 0 Å². The predicted octanol–water partition coefficient (Wildman–Crippen LogP) is 5.48. The third kappa shape index (κ3) is 11.0. The number of aliphatic hydroxyl groups excluding tert-OH is 1. The van der Waals surface area contributed by atoms with E-state index in [0.717, 1.165) is 76.2 Å². The molecule has 0 bridgehead atoms. The molecule has 2 rings (SSSR count). The van der Waals surface area contributed by atoms with E-state index in [1.54, 1.807) is 12.1 Å². The number of rotatable bonds is 16. The van der Waals surface area contributed by atoms with Crippen molar-refractivity contribution in [1.29, 1.82) is 0 Å². The summed E-state index contributed by atoms with van der Waals surface area (Å²) in [5, 5.41) is 22.4. The standard InChI is InChI=1S/C28H43NO4/c1-2-3-6-9-24(30)18-14-23-15-19-27(32)26(23)10-7-4-5-8-11-28(33)29-21-20-22-12-16-25(31)17-13-22/h12-14,16-18,23-24,26,30-31H,2-11,15,19-21H2,1H3,(H,29,33)/t23-,24-,26+/m0/s1. The molecule has 1 amide bonds. The van der Waals surface area contributed by atoms with E-state index in [4.69, 9.17) is 0 Å². The summed E-state index contributed by atoms with van der Waals surface area (Å²) in [6.45, 7) is 2.77. The Balaban J connectivity index is 1.55. The first-order chi connectivity index (χ1) is 16.0. The number of hydrogen-bond acceptors (Lipinski definition) is 4. The molecule has 0 unspecified atom stereocenters. The van der Waals surface area contributed by atoms with Crippen molar-refractivity contribution in [3.63, 3.8) is 0 Å². The SMILES string of the molecule is CCCCC[C@H](O)C=C[C@H]1CCC(=O)[C@@H]1CCCCCCC(=O)NCCc1ccc(O)cc1. The summed E-state index contributed by atoms with van der Waals surface area (Å²) in [5.74, 6) is 1.09. The van der Waals surface area contributed by atoms with Crippen molar-refractivity contribution in [2.45, 2.75) is 96.5 Å². The number of amides is 1. The Morgan fingerprint density at radius 2 is 1.88 bits per heavy atom. The first-order valence-electron chi connectivity index (χ1n) is 12.9. The van der Waals surface area contributed by atoms with Crippen molar-refractivity contribution in [2.75, 3.05) is 6.54 Å². The molecule has 0 aliphatic heterocycles. The second-order valence-electron chi connectivity index (χ2n) is 9.44. The number of aliphatic hydroxyl groups is 1. The van der Waals surface area contributed by atoms with Crippen LogP contribution in [0.3, 0.4) is 0 Å². The fraction of sp³-hybridized carbons (Fsp3) is 0.643. The second-order valence-corrected chi connectivity index (χ2v) is 9.44. The maximum Gasteiger partial charge on any atom is 0.220 e. The molecule has 0 saturated heterocycles. The lowest BCUT2D eigenvalue weighted by Crippen LogP contribution is -2.25. The summed E-state index contributed by atoms with van der Waals surface area (Å²) in [4.78, 5) is 24.3. The molecule has 33 heavy (non-hydrogen) atoms. The zero-order chi connectivity index (χ0) is 23.9. The van der Waals surface area contributed by atoms with Crippen LogP contribution in [0.4, 0.5) is 0 Å². The van der Waals surface area contributed by atoms with Crippen molar-refractivity contribution in [3.8, 4) is 5.75 Å². The molecule has 3 N–H and O–H groups in total. The molecule has 3 atom stereocenters. The van der Waals surface area contributed by atoms with Crippen LogP contribution in [0.1, 0.15) is 89.5 Å². The maximum absolute atomic E-state index is 12.3. The van der Waals surface area contributed by atoms with Gasteiger partial charge in [-0.25, -0.2) is 0 Å². The lowest BCUT2D eigenvalue weighted by atomic mass is 9.89. The highest BCUT2D eigenvalue weighted by atomic mass is 16.3. The fourth-order valence-corrected chi connectivity index (χ4v) is 4.61. The number of nitrogens with one attached hydrogen (secondary N) is 1. The van der Waals surface area contributed by atoms with Crippen LogP contribution in [0.15, 0.2) is 36.4 Å². The lowest BCUT2D eigenvalue weighted by molar-refractivity contribution is -0.121. The zero-order valence-corrected chi connectivity index (χ0v) is 20.3. The van der Waals surface area contributed by atoms with Crippen LogP contribution < -0.4 is 5.32 Å². The minimum absolute atomic E-state index is 0.0856. The molecule has 0 spiro atoms. The molecular weight excluding hydrogens is 414 g/mol. The number of ketones is 1. The average molecular weight is 458 g/mol. The van der Waals surface area contributed by atoms with E-state index in [1.165, 1.54) is 0 Å². The molecule has 1 aliphatic rings. The van der Waals surface area contributed by atoms with Crippen molar-refractivity contribution in [2.24, 2.45) is 11.8 Å². The first-order valence-corrected chi connectivity index (χ1v) is 12.9. The molecular formula is C28H43NO4. The van der Waals surface area contributed by atoms with Gasteiger partial charge in [-0.05, 0) is 55.7 Å². The number of carbonyl (C=O) groups is 2. The monoisotopic (exact) mass is 457 g/mol. The normalized spacial score (nSPS) is 19.3. The summed E-state index contributed by atoms with van der Waals surface area (Å²) in [6, 6.07) is 7.05. The van der Waals surface area contributed by atoms with Crippen molar-refractivity contribution in [1.82, 2.24) is 5.32 Å². The Bertz CT molecular complexity index is 728. The van der Waals surface area contributed by atoms with Gasteiger partial charge in [0.2, 0.25) is 5.91 Å². The van der Waals surface area contributed by atoms with E-state index in [2.05, 4.69) is 18.3 Å². The van der Waals surface area contributed by atoms with Gasteiger partial charge in [-0.2, -0.15) is 0 Å². The summed E-state index contributed by atoms with van der Waals surface area (Å²) in [7, 11) is 0. The van der Waals surface area contributed by atoms with Crippen LogP contribution in [0.2, 0.25) is 0 Å². The molecule has 1 saturated carbocycles. The zero-order valence-electron chi connectivity index (χ0n) is 20.3. The molecule has 1 aliphatic carbocycles. The second kappa shape index (κ2) is 15.7. The summed E-state index contributed by atoms with van der Waals surface area (Å²) >= 11 is 0. The van der Waals surface area contributed by atoms with Crippen LogP contribution >= 0.6 is 0 Å². The van der Waals surface area contributed by atoms with Gasteiger partial charge in [0.1, 0.15) is 11.5 Å². The third-order valence-electron chi connectivity index (χ3n) is 6.68. The Morgan fingerprint density at radius 1 is 1.12 bits per heavy atom. The molecule has 184 valence electrons. The lowest BCUT2D eigenvalue weighted by Gasteiger charge is -2.15. The molecule has 5 nitrogen and oxygen atoms in total. The topological polar surface area (TPSA) is 86.6 Å². The Labute approximate surface area is 199 Å². The van der Waals surface area contributed by atoms with E-state index in [0.29, 0.717) is 25.2 Å². The highest BCUT2D eigenvalue weighted by molar-refractivity contribution is 5.83. The Morgan fingerprint density at radius 3 is 2.64 bits per heavy atom. The molecule has 1 aromatic rings. The molecule has 0 heterocycles. The van der Waals surface area contributed by atoms with Gasteiger partial charge < -0.3 is 15.5 Å². The molecule has 1 aromatic carbocycles. The highest BCUT2D eigenvalue weighted by Crippen LogP contribution is 2.34. The van der Waals surface area contributed by atoms with Crippen molar-refractivity contribution >= 4 is 11.7 Å². The van der Waals surface area contributed by atoms with Gasteiger partial charge in [0, 0.05) is 25.3 Å². The van der Waals surface area contributed by atoms with Gasteiger partial charge >= 0.3 is 0 Å². The minimum Gasteiger partial charge on any atom is -0.508 e. The molecule has 0 aromatic heterocycles. The van der Waals surface area contributed by atoms with Crippen LogP contribution in [0, 0.1) is 11.8 Å². The minimum atomic E-state index is -0.389. The number of phenols is 1. The molecule has 0 radical (unpaired) electrons. The van der Waals surface area contributed by atoms with Crippen LogP contribution in [-0.2, 0) is 16.0 Å². The summed E-state index contributed by atoms with van der Waals surface area (Å²) in [5.41, 5.74) is 1.09. The van der Waals surface area contributed by atoms with Crippen LogP contribution in [0.5, 0.6) is 5.75 Å². The van der Waals surface area contributed by atoms with E-state index in [-0.39, 0.29) is 29.6 Å². The molecule has 1 fully saturated rings. The van der Waals surface area contributed by atoms with Gasteiger partial charge in [-0.15, -0.1) is 0 Å². The number of benzene rings is 1. The predicted molar refractivity (Wildman–Crippen MR) is 133 cm³/mol. The van der Waals surface area contributed by atoms with E-state index in [1.807, 2.05) is 18.2 Å². The quantitative estimate of drug-likeness (QED) is 0.226. The number of phenolic OH excluding ortho intramolecular Hbond substituents is 1. The maximum atomic E-state index is 12.3. The van der Waals surface area contributed by atoms with E-state index >= 15 is 0 Å². The number of unbranched alkanes of at least 4 members (excludes halogenated alkanes) is 5. The number of allylic oxidation sites excluding steroid dienone is 1. The van der Waals surface area contributed by atoms with Crippen LogP contribution in [-0.4, -0.2) is 34.6 Å². The summed E-state index contributed by atoms with van der Waals surface area (Å²) in [6.07, 6.45) is 15.5. The number of Topliss-reactive ketones (excluding diaryl/α,β-unsaturated/α-hetero) is 1. The van der Waals surface area contributed by atoms with Crippen molar-refractivity contribution in [3.05, 3.63) is 42.0 Å². The van der Waals surface area contributed by atoms with Gasteiger partial charge in [-0.3, -0.25) is 9.59 Å². The van der Waals surface area contributed by atoms with Gasteiger partial charge in [0.05, 0.1) is 6.10 Å². The van der Waals surface area contributed by atoms with Gasteiger partial charge in [-0.1, -0.05) is 69.7 Å². The molecule has 5 heteroatoms. The average Bonchev–Trinajstić information content (AvgIpc) is 3.15. The van der Waals surface area contributed by atoms with Gasteiger partial charge in [0.25, 0.3) is 0 Å². The number of carbonyl (C=O) groups excluding carboxylic acids is 2. The summed E-state index contributed by atoms with van der Waals surface area (Å²) < 4.78 is 0. The first kappa shape index (κ1) is 27.1. The highest BCUT2D eigenvalue weighted by Gasteiger charge is 2.32. The van der Waals surface area contributed by atoms with E-state index < -0.39 is 0 Å². The largest absolute Gasteiger partial charge is 0.508 e. The number of hydrogen-bond donors (Lipinski definition) is 3. The van der Waals surface area contributed by atoms with E-state index in [9.17, 15) is 19.8 Å². The van der Waals surface area contributed by atoms with Gasteiger partial charge in [0.15, 0.2) is 0 Å². The Kier molecular flexibility index (Phi) is 12.9. The van der Waals surface area contributed by atoms with Crippen molar-refractivity contribution < 1.29 is 19.8 Å². The number of aromatic hydroxyl groups is 1.